The third-order valence-corrected chi connectivity index (χ3v) is 7.92. The van der Waals surface area contributed by atoms with E-state index in [0.717, 1.165) is 15.6 Å². The lowest BCUT2D eigenvalue weighted by Crippen LogP contribution is -2.11. The zero-order valence-electron chi connectivity index (χ0n) is 23.4. The molecule has 1 aromatic heterocycles. The number of cyclic esters (lactones) is 1. The Labute approximate surface area is 250 Å². The van der Waals surface area contributed by atoms with Gasteiger partial charge in [-0.3, -0.25) is 0 Å². The van der Waals surface area contributed by atoms with Crippen molar-refractivity contribution < 1.29 is 38.0 Å². The molecule has 9 nitrogen and oxygen atoms in total. The number of rotatable bonds is 9. The normalized spacial score (nSPS) is 13.6. The number of carbonyl (C=O) groups excluding carboxylic acids is 2. The van der Waals surface area contributed by atoms with E-state index >= 15 is 0 Å². The summed E-state index contributed by atoms with van der Waals surface area (Å²) in [6, 6.07) is 13.8. The number of halogens is 1. The van der Waals surface area contributed by atoms with E-state index in [4.69, 9.17) is 40.0 Å². The minimum Gasteiger partial charge on any atom is -0.493 e. The zero-order valence-corrected chi connectivity index (χ0v) is 25.0. The lowest BCUT2D eigenvalue weighted by atomic mass is 10.1. The molecule has 0 aliphatic carbocycles. The largest absolute Gasteiger partial charge is 0.493 e. The molecule has 4 aromatic rings. The molecular formula is C31H26ClNO8S. The number of hydrogen-bond donors (Lipinski definition) is 0. The molecule has 1 aliphatic rings. The predicted octanol–water partition coefficient (Wildman–Crippen LogP) is 6.85. The second-order valence-corrected chi connectivity index (χ2v) is 10.5. The number of benzene rings is 3. The van der Waals surface area contributed by atoms with Crippen molar-refractivity contribution in [3.05, 3.63) is 80.8 Å². The van der Waals surface area contributed by atoms with Crippen molar-refractivity contribution in [2.24, 2.45) is 4.99 Å². The van der Waals surface area contributed by atoms with Crippen molar-refractivity contribution in [1.82, 2.24) is 0 Å². The van der Waals surface area contributed by atoms with E-state index in [1.165, 1.54) is 44.8 Å². The monoisotopic (exact) mass is 607 g/mol. The summed E-state index contributed by atoms with van der Waals surface area (Å²) in [6.45, 7) is 4.11. The van der Waals surface area contributed by atoms with Gasteiger partial charge < -0.3 is 28.4 Å². The van der Waals surface area contributed by atoms with Crippen LogP contribution in [0.5, 0.6) is 28.7 Å². The Bertz CT molecular complexity index is 1750. The average molecular weight is 608 g/mol. The number of nitrogens with zero attached hydrogens (tertiary/aromatic N) is 1. The summed E-state index contributed by atoms with van der Waals surface area (Å²) in [5, 5.41) is 1.36. The maximum atomic E-state index is 13.1. The fourth-order valence-electron chi connectivity index (χ4n) is 4.30. The number of methoxy groups -OCH3 is 3. The van der Waals surface area contributed by atoms with Gasteiger partial charge in [0.25, 0.3) is 0 Å². The van der Waals surface area contributed by atoms with Crippen LogP contribution in [0.4, 0.5) is 0 Å². The molecule has 0 spiro atoms. The summed E-state index contributed by atoms with van der Waals surface area (Å²) in [4.78, 5) is 30.8. The van der Waals surface area contributed by atoms with Gasteiger partial charge in [-0.05, 0) is 61.4 Å². The van der Waals surface area contributed by atoms with E-state index < -0.39 is 11.9 Å². The molecule has 0 fully saturated rings. The fraction of sp³-hybridized carbons (Fsp3) is 0.194. The molecule has 0 N–H and O–H groups in total. The highest BCUT2D eigenvalue weighted by Gasteiger charge is 2.28. The van der Waals surface area contributed by atoms with Crippen LogP contribution in [0.3, 0.4) is 0 Å². The molecule has 2 heterocycles. The Kier molecular flexibility index (Phi) is 8.37. The van der Waals surface area contributed by atoms with Gasteiger partial charge in [0.05, 0.1) is 38.5 Å². The van der Waals surface area contributed by atoms with Crippen LogP contribution in [0.15, 0.2) is 59.2 Å². The molecule has 5 rings (SSSR count). The molecular weight excluding hydrogens is 582 g/mol. The van der Waals surface area contributed by atoms with Crippen LogP contribution in [0.25, 0.3) is 16.2 Å². The first-order valence-corrected chi connectivity index (χ1v) is 14.0. The lowest BCUT2D eigenvalue weighted by Gasteiger charge is -2.15. The van der Waals surface area contributed by atoms with E-state index in [2.05, 4.69) is 4.99 Å². The molecule has 0 saturated heterocycles. The molecule has 3 aromatic carbocycles. The molecule has 216 valence electrons. The summed E-state index contributed by atoms with van der Waals surface area (Å²) in [6.07, 6.45) is 1.56. The second-order valence-electron chi connectivity index (χ2n) is 9.02. The number of aryl methyl sites for hydroxylation is 1. The van der Waals surface area contributed by atoms with Crippen molar-refractivity contribution in [3.8, 4) is 28.7 Å². The van der Waals surface area contributed by atoms with Gasteiger partial charge in [-0.1, -0.05) is 29.8 Å². The molecule has 11 heteroatoms. The number of thiophene rings is 1. The van der Waals surface area contributed by atoms with Crippen molar-refractivity contribution in [2.45, 2.75) is 13.8 Å². The minimum absolute atomic E-state index is 0.0966. The zero-order chi connectivity index (χ0) is 30.0. The summed E-state index contributed by atoms with van der Waals surface area (Å²) in [5.41, 5.74) is 1.96. The molecule has 1 aliphatic heterocycles. The van der Waals surface area contributed by atoms with Crippen molar-refractivity contribution in [3.63, 3.8) is 0 Å². The van der Waals surface area contributed by atoms with E-state index in [0.29, 0.717) is 45.1 Å². The summed E-state index contributed by atoms with van der Waals surface area (Å²) in [7, 11) is 4.39. The highest BCUT2D eigenvalue weighted by molar-refractivity contribution is 7.21. The summed E-state index contributed by atoms with van der Waals surface area (Å²) < 4.78 is 33.8. The van der Waals surface area contributed by atoms with E-state index in [9.17, 15) is 9.59 Å². The highest BCUT2D eigenvalue weighted by Crippen LogP contribution is 2.40. The smallest absolute Gasteiger partial charge is 0.363 e. The Morgan fingerprint density at radius 1 is 0.976 bits per heavy atom. The number of esters is 2. The van der Waals surface area contributed by atoms with Crippen molar-refractivity contribution >= 4 is 56.9 Å². The predicted molar refractivity (Wildman–Crippen MR) is 161 cm³/mol. The van der Waals surface area contributed by atoms with Gasteiger partial charge in [-0.15, -0.1) is 11.3 Å². The third kappa shape index (κ3) is 5.63. The third-order valence-electron chi connectivity index (χ3n) is 6.27. The van der Waals surface area contributed by atoms with Crippen LogP contribution in [0, 0.1) is 6.92 Å². The topological polar surface area (TPSA) is 102 Å². The maximum absolute atomic E-state index is 13.1. The number of ether oxygens (including phenoxy) is 6. The summed E-state index contributed by atoms with van der Waals surface area (Å²) in [5.74, 6) is 0.337. The molecule has 0 radical (unpaired) electrons. The minimum atomic E-state index is -0.662. The van der Waals surface area contributed by atoms with Gasteiger partial charge in [0.2, 0.25) is 11.6 Å². The van der Waals surface area contributed by atoms with Gasteiger partial charge >= 0.3 is 11.9 Å². The fourth-order valence-corrected chi connectivity index (χ4v) is 5.84. The first-order chi connectivity index (χ1) is 20.3. The van der Waals surface area contributed by atoms with Crippen molar-refractivity contribution in [1.29, 1.82) is 0 Å². The molecule has 0 atom stereocenters. The Hall–Kier alpha value is -4.54. The number of aliphatic imine (C=N–C) groups is 1. The number of fused-ring (bicyclic) bond motifs is 1. The van der Waals surface area contributed by atoms with E-state index in [-0.39, 0.29) is 22.9 Å². The highest BCUT2D eigenvalue weighted by atomic mass is 35.5. The average Bonchev–Trinajstić information content (AvgIpc) is 3.51. The van der Waals surface area contributed by atoms with Crippen LogP contribution in [0.1, 0.15) is 33.3 Å². The van der Waals surface area contributed by atoms with Crippen LogP contribution in [-0.2, 0) is 9.53 Å². The molecule has 42 heavy (non-hydrogen) atoms. The molecule has 0 amide bonds. The number of hydrogen-bond acceptors (Lipinski definition) is 10. The number of carbonyl (C=O) groups is 2. The molecule has 0 unspecified atom stereocenters. The molecule has 0 saturated carbocycles. The van der Waals surface area contributed by atoms with Gasteiger partial charge in [0, 0.05) is 10.1 Å². The van der Waals surface area contributed by atoms with Crippen LogP contribution in [0.2, 0.25) is 5.02 Å². The SMILES string of the molecule is CCOc1cc(/C=C2/N=C(c3sc4cc(C)ccc4c3Cl)OC2=O)ccc1OC(=O)c1cc(OC)c(OC)c(OC)c1. The Morgan fingerprint density at radius 2 is 1.71 bits per heavy atom. The summed E-state index contributed by atoms with van der Waals surface area (Å²) >= 11 is 8.00. The molecule has 0 bridgehead atoms. The van der Waals surface area contributed by atoms with Gasteiger partial charge in [0.15, 0.2) is 28.7 Å². The van der Waals surface area contributed by atoms with Gasteiger partial charge in [-0.2, -0.15) is 0 Å². The van der Waals surface area contributed by atoms with Gasteiger partial charge in [0.1, 0.15) is 4.88 Å². The second kappa shape index (κ2) is 12.1. The lowest BCUT2D eigenvalue weighted by molar-refractivity contribution is -0.129. The van der Waals surface area contributed by atoms with Crippen LogP contribution in [-0.4, -0.2) is 45.8 Å². The van der Waals surface area contributed by atoms with E-state index in [1.807, 2.05) is 25.1 Å². The Balaban J connectivity index is 1.43. The van der Waals surface area contributed by atoms with Crippen molar-refractivity contribution in [2.75, 3.05) is 27.9 Å². The quantitative estimate of drug-likeness (QED) is 0.116. The van der Waals surface area contributed by atoms with Crippen LogP contribution < -0.4 is 23.7 Å². The van der Waals surface area contributed by atoms with Crippen LogP contribution >= 0.6 is 22.9 Å². The first-order valence-electron chi connectivity index (χ1n) is 12.8. The van der Waals surface area contributed by atoms with Gasteiger partial charge in [-0.25, -0.2) is 14.6 Å². The van der Waals surface area contributed by atoms with E-state index in [1.54, 1.807) is 31.2 Å². The first kappa shape index (κ1) is 29.0. The Morgan fingerprint density at radius 3 is 2.38 bits per heavy atom. The standard InChI is InChI=1S/C31H26ClNO8S/c1-6-39-22-13-17(8-10-21(22)40-30(34)18-14-23(36-3)27(38-5)24(15-18)37-4)12-20-31(35)41-29(33-20)28-26(32)19-9-7-16(2)11-25(19)42-28/h7-15H,6H2,1-5H3/b20-12+. The maximum Gasteiger partial charge on any atom is 0.363 e.